The van der Waals surface area contributed by atoms with Crippen molar-refractivity contribution in [3.05, 3.63) is 65.0 Å². The van der Waals surface area contributed by atoms with Crippen molar-refractivity contribution in [3.63, 3.8) is 0 Å². The van der Waals surface area contributed by atoms with Crippen LogP contribution in [0.3, 0.4) is 0 Å². The first-order valence-electron chi connectivity index (χ1n) is 7.89. The molecule has 5 heteroatoms. The summed E-state index contributed by atoms with van der Waals surface area (Å²) in [5, 5.41) is 9.25. The molecule has 120 valence electrons. The van der Waals surface area contributed by atoms with Crippen LogP contribution in [0.25, 0.3) is 11.3 Å². The van der Waals surface area contributed by atoms with E-state index >= 15 is 0 Å². The topological polar surface area (TPSA) is 54.0 Å². The van der Waals surface area contributed by atoms with E-state index in [1.54, 1.807) is 11.3 Å². The molecular formula is C19H17N3OS. The number of carbonyl (C=O) groups is 1. The number of amides is 1. The molecule has 1 aliphatic heterocycles. The Morgan fingerprint density at radius 2 is 2.04 bits per heavy atom. The average Bonchev–Trinajstić information content (AvgIpc) is 3.20. The highest BCUT2D eigenvalue weighted by Crippen LogP contribution is 2.31. The van der Waals surface area contributed by atoms with Gasteiger partial charge < -0.3 is 10.6 Å². The Morgan fingerprint density at radius 1 is 1.21 bits per heavy atom. The lowest BCUT2D eigenvalue weighted by Crippen LogP contribution is -2.05. The molecular weight excluding hydrogens is 318 g/mol. The molecule has 4 rings (SSSR count). The number of nitrogens with zero attached hydrogens (tertiary/aromatic N) is 1. The molecule has 2 N–H and O–H groups in total. The number of fused-ring (bicyclic) bond motifs is 1. The summed E-state index contributed by atoms with van der Waals surface area (Å²) >= 11 is 1.60. The molecule has 1 aliphatic rings. The van der Waals surface area contributed by atoms with Crippen LogP contribution in [0.1, 0.15) is 24.1 Å². The van der Waals surface area contributed by atoms with Gasteiger partial charge in [-0.15, -0.1) is 11.3 Å². The van der Waals surface area contributed by atoms with Crippen molar-refractivity contribution in [2.45, 2.75) is 19.4 Å². The number of aromatic nitrogens is 1. The molecule has 1 atom stereocenters. The largest absolute Gasteiger partial charge is 0.355 e. The highest BCUT2D eigenvalue weighted by atomic mass is 32.1. The summed E-state index contributed by atoms with van der Waals surface area (Å²) in [4.78, 5) is 16.2. The summed E-state index contributed by atoms with van der Waals surface area (Å²) in [5.74, 6) is 0.0551. The van der Waals surface area contributed by atoms with Crippen molar-refractivity contribution in [1.29, 1.82) is 0 Å². The molecule has 0 radical (unpaired) electrons. The zero-order chi connectivity index (χ0) is 16.5. The van der Waals surface area contributed by atoms with Gasteiger partial charge in [-0.3, -0.25) is 4.79 Å². The fraction of sp³-hybridized carbons (Fsp3) is 0.158. The number of hydrogen-bond donors (Lipinski definition) is 2. The smallest absolute Gasteiger partial charge is 0.228 e. The van der Waals surface area contributed by atoms with Crippen LogP contribution in [0.15, 0.2) is 53.9 Å². The summed E-state index contributed by atoms with van der Waals surface area (Å²) in [6, 6.07) is 16.5. The van der Waals surface area contributed by atoms with E-state index in [9.17, 15) is 4.79 Å². The molecule has 3 aromatic rings. The minimum atomic E-state index is 0.0551. The Kier molecular flexibility index (Phi) is 3.78. The fourth-order valence-corrected chi connectivity index (χ4v) is 3.68. The maximum Gasteiger partial charge on any atom is 0.228 e. The Hall–Kier alpha value is -2.66. The van der Waals surface area contributed by atoms with Gasteiger partial charge in [-0.2, -0.15) is 0 Å². The van der Waals surface area contributed by atoms with Gasteiger partial charge in [-0.25, -0.2) is 4.98 Å². The Labute approximate surface area is 144 Å². The Morgan fingerprint density at radius 3 is 2.88 bits per heavy atom. The van der Waals surface area contributed by atoms with Crippen LogP contribution in [-0.4, -0.2) is 10.9 Å². The Bertz CT molecular complexity index is 889. The van der Waals surface area contributed by atoms with Crippen LogP contribution in [0.2, 0.25) is 0 Å². The molecule has 1 amide bonds. The molecule has 0 saturated carbocycles. The van der Waals surface area contributed by atoms with Gasteiger partial charge >= 0.3 is 0 Å². The third kappa shape index (κ3) is 2.90. The van der Waals surface area contributed by atoms with E-state index in [0.29, 0.717) is 6.42 Å². The summed E-state index contributed by atoms with van der Waals surface area (Å²) in [7, 11) is 0. The minimum Gasteiger partial charge on any atom is -0.355 e. The molecule has 24 heavy (non-hydrogen) atoms. The summed E-state index contributed by atoms with van der Waals surface area (Å²) in [6.45, 7) is 2.13. The van der Waals surface area contributed by atoms with Gasteiger partial charge in [0.15, 0.2) is 5.13 Å². The normalized spacial score (nSPS) is 14.1. The van der Waals surface area contributed by atoms with Crippen molar-refractivity contribution in [2.75, 3.05) is 10.6 Å². The zero-order valence-electron chi connectivity index (χ0n) is 13.2. The molecule has 0 unspecified atom stereocenters. The molecule has 2 heterocycles. The first-order valence-corrected chi connectivity index (χ1v) is 8.77. The average molecular weight is 335 g/mol. The number of anilines is 2. The molecule has 4 nitrogen and oxygen atoms in total. The molecule has 0 spiro atoms. The maximum absolute atomic E-state index is 11.5. The van der Waals surface area contributed by atoms with E-state index in [0.717, 1.165) is 27.6 Å². The predicted octanol–water partition coefficient (Wildman–Crippen LogP) is 4.48. The van der Waals surface area contributed by atoms with Gasteiger partial charge in [-0.1, -0.05) is 36.4 Å². The fourth-order valence-electron chi connectivity index (χ4n) is 2.87. The van der Waals surface area contributed by atoms with Gasteiger partial charge in [0, 0.05) is 16.6 Å². The Balaban J connectivity index is 1.53. The molecule has 0 aliphatic carbocycles. The van der Waals surface area contributed by atoms with E-state index in [4.69, 9.17) is 4.98 Å². The lowest BCUT2D eigenvalue weighted by atomic mass is 10.1. The quantitative estimate of drug-likeness (QED) is 0.739. The van der Waals surface area contributed by atoms with E-state index in [-0.39, 0.29) is 11.9 Å². The van der Waals surface area contributed by atoms with E-state index in [1.165, 1.54) is 5.56 Å². The zero-order valence-corrected chi connectivity index (χ0v) is 14.1. The van der Waals surface area contributed by atoms with Crippen molar-refractivity contribution in [1.82, 2.24) is 4.98 Å². The van der Waals surface area contributed by atoms with Gasteiger partial charge in [0.2, 0.25) is 5.91 Å². The number of benzene rings is 2. The number of carbonyl (C=O) groups excluding carboxylic acids is 1. The SMILES string of the molecule is C[C@H](Nc1nc(-c2ccc3c(c2)CC(=O)N3)cs1)c1ccccc1. The van der Waals surface area contributed by atoms with Gasteiger partial charge in [-0.05, 0) is 30.2 Å². The second-order valence-electron chi connectivity index (χ2n) is 5.91. The molecule has 0 bridgehead atoms. The minimum absolute atomic E-state index is 0.0551. The number of hydrogen-bond acceptors (Lipinski definition) is 4. The molecule has 0 fully saturated rings. The first-order chi connectivity index (χ1) is 11.7. The predicted molar refractivity (Wildman–Crippen MR) is 98.4 cm³/mol. The third-order valence-corrected chi connectivity index (χ3v) is 4.94. The van der Waals surface area contributed by atoms with E-state index < -0.39 is 0 Å². The molecule has 1 aromatic heterocycles. The summed E-state index contributed by atoms with van der Waals surface area (Å²) < 4.78 is 0. The molecule has 2 aromatic carbocycles. The van der Waals surface area contributed by atoms with Gasteiger partial charge in [0.05, 0.1) is 18.2 Å². The molecule has 0 saturated heterocycles. The van der Waals surface area contributed by atoms with Gasteiger partial charge in [0.1, 0.15) is 0 Å². The second-order valence-corrected chi connectivity index (χ2v) is 6.77. The maximum atomic E-state index is 11.5. The van der Waals surface area contributed by atoms with Gasteiger partial charge in [0.25, 0.3) is 0 Å². The number of thiazole rings is 1. The summed E-state index contributed by atoms with van der Waals surface area (Å²) in [6.07, 6.45) is 0.448. The van der Waals surface area contributed by atoms with E-state index in [1.807, 2.05) is 41.8 Å². The lowest BCUT2D eigenvalue weighted by molar-refractivity contribution is -0.115. The number of nitrogens with one attached hydrogen (secondary N) is 2. The van der Waals surface area contributed by atoms with Crippen LogP contribution < -0.4 is 10.6 Å². The highest BCUT2D eigenvalue weighted by Gasteiger charge is 2.18. The standard InChI is InChI=1S/C19H17N3OS/c1-12(13-5-3-2-4-6-13)20-19-22-17(11-24-19)14-7-8-16-15(9-14)10-18(23)21-16/h2-9,11-12H,10H2,1H3,(H,20,22)(H,21,23)/t12-/m0/s1. The van der Waals surface area contributed by atoms with Crippen molar-refractivity contribution < 1.29 is 4.79 Å². The monoisotopic (exact) mass is 335 g/mol. The lowest BCUT2D eigenvalue weighted by Gasteiger charge is -2.12. The van der Waals surface area contributed by atoms with Crippen LogP contribution in [0.4, 0.5) is 10.8 Å². The van der Waals surface area contributed by atoms with E-state index in [2.05, 4.69) is 29.7 Å². The summed E-state index contributed by atoms with van der Waals surface area (Å²) in [5.41, 5.74) is 5.16. The van der Waals surface area contributed by atoms with Crippen molar-refractivity contribution in [2.24, 2.45) is 0 Å². The number of rotatable bonds is 4. The second kappa shape index (κ2) is 6.09. The van der Waals surface area contributed by atoms with Crippen LogP contribution >= 0.6 is 11.3 Å². The van der Waals surface area contributed by atoms with Crippen molar-refractivity contribution in [3.8, 4) is 11.3 Å². The van der Waals surface area contributed by atoms with Crippen LogP contribution in [-0.2, 0) is 11.2 Å². The third-order valence-electron chi connectivity index (χ3n) is 4.17. The highest BCUT2D eigenvalue weighted by molar-refractivity contribution is 7.14. The van der Waals surface area contributed by atoms with Crippen LogP contribution in [0, 0.1) is 0 Å². The van der Waals surface area contributed by atoms with Crippen molar-refractivity contribution >= 4 is 28.1 Å². The van der Waals surface area contributed by atoms with Crippen LogP contribution in [0.5, 0.6) is 0 Å². The first kappa shape index (κ1) is 14.9.